The fourth-order valence-corrected chi connectivity index (χ4v) is 2.89. The second-order valence-electron chi connectivity index (χ2n) is 3.86. The van der Waals surface area contributed by atoms with Crippen LogP contribution in [0.25, 0.3) is 0 Å². The van der Waals surface area contributed by atoms with E-state index in [0.717, 1.165) is 0 Å². The lowest BCUT2D eigenvalue weighted by Crippen LogP contribution is -2.33. The van der Waals surface area contributed by atoms with Crippen molar-refractivity contribution < 1.29 is 8.42 Å². The van der Waals surface area contributed by atoms with E-state index in [1.807, 2.05) is 13.8 Å². The molecule has 0 aliphatic heterocycles. The zero-order valence-electron chi connectivity index (χ0n) is 10.1. The van der Waals surface area contributed by atoms with Crippen molar-refractivity contribution in [1.29, 1.82) is 0 Å². The predicted molar refractivity (Wildman–Crippen MR) is 66.1 cm³/mol. The van der Waals surface area contributed by atoms with E-state index in [1.165, 1.54) is 4.31 Å². The third-order valence-electron chi connectivity index (χ3n) is 2.54. The van der Waals surface area contributed by atoms with Crippen LogP contribution < -0.4 is 5.32 Å². The SMILES string of the molecule is CNc1ccccc1S(=O)(=O)N(C)C(C)C. The third-order valence-corrected chi connectivity index (χ3v) is 4.63. The van der Waals surface area contributed by atoms with Gasteiger partial charge in [-0.05, 0) is 26.0 Å². The number of hydrogen-bond donors (Lipinski definition) is 1. The van der Waals surface area contributed by atoms with E-state index in [0.29, 0.717) is 10.6 Å². The molecule has 0 spiro atoms. The molecular weight excluding hydrogens is 224 g/mol. The molecule has 16 heavy (non-hydrogen) atoms. The summed E-state index contributed by atoms with van der Waals surface area (Å²) in [5, 5.41) is 2.89. The molecule has 0 bridgehead atoms. The molecule has 5 heteroatoms. The van der Waals surface area contributed by atoms with Gasteiger partial charge in [0.05, 0.1) is 5.69 Å². The highest BCUT2D eigenvalue weighted by Crippen LogP contribution is 2.24. The van der Waals surface area contributed by atoms with Gasteiger partial charge in [-0.3, -0.25) is 0 Å². The van der Waals surface area contributed by atoms with E-state index < -0.39 is 10.0 Å². The standard InChI is InChI=1S/C11H18N2O2S/c1-9(2)13(4)16(14,15)11-8-6-5-7-10(11)12-3/h5-9,12H,1-4H3. The van der Waals surface area contributed by atoms with Crippen LogP contribution in [0, 0.1) is 0 Å². The Kier molecular flexibility index (Phi) is 3.93. The van der Waals surface area contributed by atoms with E-state index in [2.05, 4.69) is 5.32 Å². The molecule has 0 heterocycles. The Balaban J connectivity index is 3.27. The average Bonchev–Trinajstić information content (AvgIpc) is 2.27. The summed E-state index contributed by atoms with van der Waals surface area (Å²) in [6.07, 6.45) is 0. The first-order valence-electron chi connectivity index (χ1n) is 5.16. The summed E-state index contributed by atoms with van der Waals surface area (Å²) in [6, 6.07) is 6.83. The van der Waals surface area contributed by atoms with Gasteiger partial charge >= 0.3 is 0 Å². The summed E-state index contributed by atoms with van der Waals surface area (Å²) >= 11 is 0. The average molecular weight is 242 g/mol. The van der Waals surface area contributed by atoms with Gasteiger partial charge in [-0.2, -0.15) is 4.31 Å². The Labute approximate surface area is 97.3 Å². The van der Waals surface area contributed by atoms with Crippen molar-refractivity contribution in [3.63, 3.8) is 0 Å². The number of rotatable bonds is 4. The summed E-state index contributed by atoms with van der Waals surface area (Å²) in [5.74, 6) is 0. The molecule has 1 aromatic rings. The molecule has 0 amide bonds. The molecule has 0 aliphatic rings. The first-order valence-corrected chi connectivity index (χ1v) is 6.60. The van der Waals surface area contributed by atoms with Crippen LogP contribution >= 0.6 is 0 Å². The predicted octanol–water partition coefficient (Wildman–Crippen LogP) is 1.76. The maximum Gasteiger partial charge on any atom is 0.245 e. The van der Waals surface area contributed by atoms with Gasteiger partial charge in [-0.1, -0.05) is 12.1 Å². The maximum absolute atomic E-state index is 12.2. The lowest BCUT2D eigenvalue weighted by atomic mass is 10.3. The zero-order chi connectivity index (χ0) is 12.3. The molecule has 1 N–H and O–H groups in total. The minimum atomic E-state index is -3.41. The lowest BCUT2D eigenvalue weighted by molar-refractivity contribution is 0.411. The maximum atomic E-state index is 12.2. The molecule has 1 rings (SSSR count). The van der Waals surface area contributed by atoms with Crippen LogP contribution in [-0.2, 0) is 10.0 Å². The fraction of sp³-hybridized carbons (Fsp3) is 0.455. The van der Waals surface area contributed by atoms with Crippen molar-refractivity contribution in [2.75, 3.05) is 19.4 Å². The molecule has 0 aromatic heterocycles. The first kappa shape index (κ1) is 13.0. The number of para-hydroxylation sites is 1. The van der Waals surface area contributed by atoms with Crippen LogP contribution in [0.5, 0.6) is 0 Å². The number of nitrogens with zero attached hydrogens (tertiary/aromatic N) is 1. The van der Waals surface area contributed by atoms with Crippen LogP contribution in [0.3, 0.4) is 0 Å². The summed E-state index contributed by atoms with van der Waals surface area (Å²) in [5.41, 5.74) is 0.620. The van der Waals surface area contributed by atoms with Crippen molar-refractivity contribution >= 4 is 15.7 Å². The van der Waals surface area contributed by atoms with Crippen molar-refractivity contribution in [2.45, 2.75) is 24.8 Å². The van der Waals surface area contributed by atoms with Gasteiger partial charge in [0.25, 0.3) is 0 Å². The van der Waals surface area contributed by atoms with Gasteiger partial charge < -0.3 is 5.32 Å². The molecule has 0 unspecified atom stereocenters. The second-order valence-corrected chi connectivity index (χ2v) is 5.83. The quantitative estimate of drug-likeness (QED) is 0.875. The van der Waals surface area contributed by atoms with Gasteiger partial charge in [0.1, 0.15) is 4.90 Å². The summed E-state index contributed by atoms with van der Waals surface area (Å²) in [6.45, 7) is 3.69. The van der Waals surface area contributed by atoms with Crippen molar-refractivity contribution in [3.8, 4) is 0 Å². The Bertz CT molecular complexity index is 455. The van der Waals surface area contributed by atoms with Crippen LogP contribution in [0.4, 0.5) is 5.69 Å². The minimum absolute atomic E-state index is 0.0603. The van der Waals surface area contributed by atoms with E-state index in [-0.39, 0.29) is 6.04 Å². The molecule has 0 atom stereocenters. The normalized spacial score (nSPS) is 12.1. The van der Waals surface area contributed by atoms with E-state index in [1.54, 1.807) is 38.4 Å². The lowest BCUT2D eigenvalue weighted by Gasteiger charge is -2.22. The molecule has 0 fully saturated rings. The number of nitrogens with one attached hydrogen (secondary N) is 1. The summed E-state index contributed by atoms with van der Waals surface area (Å²) < 4.78 is 25.8. The molecule has 1 aromatic carbocycles. The van der Waals surface area contributed by atoms with Gasteiger partial charge in [-0.15, -0.1) is 0 Å². The Morgan fingerprint density at radius 1 is 1.25 bits per heavy atom. The Morgan fingerprint density at radius 3 is 2.31 bits per heavy atom. The highest BCUT2D eigenvalue weighted by Gasteiger charge is 2.25. The van der Waals surface area contributed by atoms with Crippen LogP contribution in [0.2, 0.25) is 0 Å². The number of hydrogen-bond acceptors (Lipinski definition) is 3. The van der Waals surface area contributed by atoms with Gasteiger partial charge in [-0.25, -0.2) is 8.42 Å². The van der Waals surface area contributed by atoms with Crippen molar-refractivity contribution in [3.05, 3.63) is 24.3 Å². The Hall–Kier alpha value is -1.07. The van der Waals surface area contributed by atoms with Gasteiger partial charge in [0, 0.05) is 20.1 Å². The second kappa shape index (κ2) is 4.84. The molecule has 0 aliphatic carbocycles. The van der Waals surface area contributed by atoms with Gasteiger partial charge in [0.15, 0.2) is 0 Å². The van der Waals surface area contributed by atoms with E-state index in [9.17, 15) is 8.42 Å². The molecule has 0 saturated carbocycles. The molecule has 0 saturated heterocycles. The first-order chi connectivity index (χ1) is 7.41. The Morgan fingerprint density at radius 2 is 1.81 bits per heavy atom. The minimum Gasteiger partial charge on any atom is -0.387 e. The number of benzene rings is 1. The highest BCUT2D eigenvalue weighted by molar-refractivity contribution is 7.89. The zero-order valence-corrected chi connectivity index (χ0v) is 10.9. The number of anilines is 1. The van der Waals surface area contributed by atoms with Gasteiger partial charge in [0.2, 0.25) is 10.0 Å². The molecule has 0 radical (unpaired) electrons. The summed E-state index contributed by atoms with van der Waals surface area (Å²) in [7, 11) is -0.108. The van der Waals surface area contributed by atoms with Crippen LogP contribution in [0.1, 0.15) is 13.8 Å². The third kappa shape index (κ3) is 2.36. The van der Waals surface area contributed by atoms with E-state index in [4.69, 9.17) is 0 Å². The fourth-order valence-electron chi connectivity index (χ4n) is 1.33. The van der Waals surface area contributed by atoms with Crippen LogP contribution in [-0.4, -0.2) is 32.9 Å². The van der Waals surface area contributed by atoms with E-state index >= 15 is 0 Å². The molecule has 4 nitrogen and oxygen atoms in total. The monoisotopic (exact) mass is 242 g/mol. The highest BCUT2D eigenvalue weighted by atomic mass is 32.2. The molecular formula is C11H18N2O2S. The largest absolute Gasteiger partial charge is 0.387 e. The topological polar surface area (TPSA) is 49.4 Å². The van der Waals surface area contributed by atoms with Crippen molar-refractivity contribution in [1.82, 2.24) is 4.31 Å². The summed E-state index contributed by atoms with van der Waals surface area (Å²) in [4.78, 5) is 0.314. The number of sulfonamides is 1. The molecule has 90 valence electrons. The van der Waals surface area contributed by atoms with Crippen LogP contribution in [0.15, 0.2) is 29.2 Å². The smallest absolute Gasteiger partial charge is 0.245 e. The van der Waals surface area contributed by atoms with Crippen molar-refractivity contribution in [2.24, 2.45) is 0 Å².